The number of benzene rings is 1. The first-order valence-corrected chi connectivity index (χ1v) is 14.0. The fourth-order valence-corrected chi connectivity index (χ4v) is 6.30. The van der Waals surface area contributed by atoms with Crippen molar-refractivity contribution in [2.45, 2.75) is 109 Å². The van der Waals surface area contributed by atoms with Gasteiger partial charge < -0.3 is 16.4 Å². The highest BCUT2D eigenvalue weighted by atomic mass is 16.1. The van der Waals surface area contributed by atoms with Gasteiger partial charge in [-0.05, 0) is 107 Å². The molecule has 0 radical (unpaired) electrons. The lowest BCUT2D eigenvalue weighted by Crippen LogP contribution is -2.42. The minimum absolute atomic E-state index is 0.0931. The first kappa shape index (κ1) is 25.2. The number of carbonyl (C=O) groups is 1. The van der Waals surface area contributed by atoms with Gasteiger partial charge in [0.1, 0.15) is 0 Å². The Balaban J connectivity index is 1.32. The lowest BCUT2D eigenvalue weighted by Gasteiger charge is -2.34. The van der Waals surface area contributed by atoms with Crippen molar-refractivity contribution in [1.82, 2.24) is 5.32 Å². The lowest BCUT2D eigenvalue weighted by atomic mass is 9.76. The maximum atomic E-state index is 11.8. The number of aliphatic imine (C=N–C) groups is 1. The van der Waals surface area contributed by atoms with Gasteiger partial charge in [0, 0.05) is 29.9 Å². The van der Waals surface area contributed by atoms with Crippen LogP contribution in [0.2, 0.25) is 0 Å². The van der Waals surface area contributed by atoms with Crippen molar-refractivity contribution in [3.63, 3.8) is 0 Å². The minimum Gasteiger partial charge on any atom is -0.353 e. The smallest absolute Gasteiger partial charge is 0.196 e. The van der Waals surface area contributed by atoms with E-state index in [2.05, 4.69) is 10.6 Å². The highest BCUT2D eigenvalue weighted by molar-refractivity contribution is 5.98. The number of ketones is 1. The van der Waals surface area contributed by atoms with Crippen LogP contribution in [0, 0.1) is 17.8 Å². The number of rotatable bonds is 7. The number of nitrogens with zero attached hydrogens (tertiary/aromatic N) is 1. The third-order valence-corrected chi connectivity index (χ3v) is 8.51. The summed E-state index contributed by atoms with van der Waals surface area (Å²) in [7, 11) is 0. The molecule has 0 unspecified atom stereocenters. The van der Waals surface area contributed by atoms with Crippen LogP contribution in [0.15, 0.2) is 29.3 Å². The molecule has 3 aliphatic rings. The van der Waals surface area contributed by atoms with Gasteiger partial charge in [0.05, 0.1) is 0 Å². The van der Waals surface area contributed by atoms with Crippen LogP contribution in [-0.2, 0) is 0 Å². The molecule has 3 saturated carbocycles. The van der Waals surface area contributed by atoms with Crippen LogP contribution in [0.5, 0.6) is 0 Å². The Hall–Kier alpha value is -1.88. The normalized spacial score (nSPS) is 28.9. The van der Waals surface area contributed by atoms with Crippen molar-refractivity contribution in [3.8, 4) is 0 Å². The van der Waals surface area contributed by atoms with E-state index in [0.29, 0.717) is 18.0 Å². The molecular formula is C29H46N4O. The van der Waals surface area contributed by atoms with E-state index in [1.807, 2.05) is 24.3 Å². The predicted molar refractivity (Wildman–Crippen MR) is 142 cm³/mol. The molecular weight excluding hydrogens is 420 g/mol. The van der Waals surface area contributed by atoms with Crippen LogP contribution in [0.4, 0.5) is 5.69 Å². The zero-order valence-electron chi connectivity index (χ0n) is 21.2. The van der Waals surface area contributed by atoms with E-state index >= 15 is 0 Å². The van der Waals surface area contributed by atoms with Crippen LogP contribution in [0.1, 0.15) is 107 Å². The zero-order chi connectivity index (χ0) is 23.8. The highest BCUT2D eigenvalue weighted by Crippen LogP contribution is 2.35. The summed E-state index contributed by atoms with van der Waals surface area (Å²) in [6.07, 6.45) is 18.2. The van der Waals surface area contributed by atoms with Crippen LogP contribution in [-0.4, -0.2) is 30.4 Å². The fraction of sp³-hybridized carbons (Fsp3) is 0.724. The molecule has 34 heavy (non-hydrogen) atoms. The van der Waals surface area contributed by atoms with E-state index in [0.717, 1.165) is 35.6 Å². The average molecular weight is 467 g/mol. The lowest BCUT2D eigenvalue weighted by molar-refractivity contribution is 0.101. The van der Waals surface area contributed by atoms with Crippen LogP contribution < -0.4 is 16.4 Å². The topological polar surface area (TPSA) is 79.5 Å². The molecule has 0 heterocycles. The Bertz CT molecular complexity index is 800. The summed E-state index contributed by atoms with van der Waals surface area (Å²) in [4.78, 5) is 16.9. The molecule has 3 aliphatic carbocycles. The molecule has 0 bridgehead atoms. The van der Waals surface area contributed by atoms with E-state index in [-0.39, 0.29) is 5.78 Å². The molecule has 5 heteroatoms. The second kappa shape index (κ2) is 12.7. The first-order valence-electron chi connectivity index (χ1n) is 14.0. The second-order valence-electron chi connectivity index (χ2n) is 11.3. The number of hydrogen-bond donors (Lipinski definition) is 3. The Labute approximate surface area is 206 Å². The molecule has 4 N–H and O–H groups in total. The monoisotopic (exact) mass is 466 g/mol. The van der Waals surface area contributed by atoms with Gasteiger partial charge in [0.2, 0.25) is 0 Å². The number of nitrogens with one attached hydrogen (secondary N) is 2. The molecule has 1 aromatic carbocycles. The minimum atomic E-state index is 0.0931. The van der Waals surface area contributed by atoms with Gasteiger partial charge in [0.15, 0.2) is 11.7 Å². The molecule has 3 fully saturated rings. The summed E-state index contributed by atoms with van der Waals surface area (Å²) in [5.41, 5.74) is 7.78. The van der Waals surface area contributed by atoms with Gasteiger partial charge in [-0.15, -0.1) is 0 Å². The van der Waals surface area contributed by atoms with Gasteiger partial charge in [-0.1, -0.05) is 31.4 Å². The summed E-state index contributed by atoms with van der Waals surface area (Å²) in [5.74, 6) is 3.46. The predicted octanol–water partition coefficient (Wildman–Crippen LogP) is 6.29. The number of Topliss-reactive ketones (excluding diaryl/α,β-unsaturated/α-hetero) is 1. The highest BCUT2D eigenvalue weighted by Gasteiger charge is 2.26. The van der Waals surface area contributed by atoms with Crippen molar-refractivity contribution in [3.05, 3.63) is 29.8 Å². The van der Waals surface area contributed by atoms with Crippen molar-refractivity contribution in [2.24, 2.45) is 28.5 Å². The summed E-state index contributed by atoms with van der Waals surface area (Å²) < 4.78 is 0. The number of hydrogen-bond acceptors (Lipinski definition) is 3. The molecule has 0 atom stereocenters. The van der Waals surface area contributed by atoms with Gasteiger partial charge >= 0.3 is 0 Å². The molecule has 0 spiro atoms. The molecule has 5 nitrogen and oxygen atoms in total. The van der Waals surface area contributed by atoms with Crippen LogP contribution in [0.3, 0.4) is 0 Å². The average Bonchev–Trinajstić information content (AvgIpc) is 2.86. The molecule has 0 aliphatic heterocycles. The maximum absolute atomic E-state index is 11.8. The number of nitrogens with two attached hydrogens (primary N) is 1. The van der Waals surface area contributed by atoms with E-state index < -0.39 is 0 Å². The Morgan fingerprint density at radius 3 is 2.26 bits per heavy atom. The standard InChI is InChI=1S/C29H46N4O/c1-21(34)25-8-5-9-28(19-25)33-29(31-20-24-6-3-2-4-7-24)32-27-16-12-23(13-17-27)18-22-10-14-26(30)15-11-22/h5,8-9,19,22-24,26-27H,2-4,6-7,10-18,20,30H2,1H3,(H2,31,32,33). The van der Waals surface area contributed by atoms with Crippen LogP contribution >= 0.6 is 0 Å². The summed E-state index contributed by atoms with van der Waals surface area (Å²) in [5, 5.41) is 7.28. The second-order valence-corrected chi connectivity index (χ2v) is 11.3. The van der Waals surface area contributed by atoms with E-state index in [4.69, 9.17) is 10.7 Å². The number of carbonyl (C=O) groups excluding carboxylic acids is 1. The van der Waals surface area contributed by atoms with E-state index in [1.54, 1.807) is 6.92 Å². The number of anilines is 1. The molecule has 0 amide bonds. The first-order chi connectivity index (χ1) is 16.5. The third-order valence-electron chi connectivity index (χ3n) is 8.51. The zero-order valence-corrected chi connectivity index (χ0v) is 21.2. The van der Waals surface area contributed by atoms with Gasteiger partial charge in [-0.3, -0.25) is 9.79 Å². The quantitative estimate of drug-likeness (QED) is 0.250. The Kier molecular flexibility index (Phi) is 9.43. The van der Waals surface area contributed by atoms with Gasteiger partial charge in [-0.2, -0.15) is 0 Å². The summed E-state index contributed by atoms with van der Waals surface area (Å²) in [6, 6.07) is 8.71. The molecule has 1 aromatic rings. The molecule has 0 aromatic heterocycles. The summed E-state index contributed by atoms with van der Waals surface area (Å²) >= 11 is 0. The number of guanidine groups is 1. The van der Waals surface area contributed by atoms with Crippen molar-refractivity contribution in [1.29, 1.82) is 0 Å². The third kappa shape index (κ3) is 7.83. The Morgan fingerprint density at radius 1 is 0.912 bits per heavy atom. The summed E-state index contributed by atoms with van der Waals surface area (Å²) in [6.45, 7) is 2.51. The van der Waals surface area contributed by atoms with Crippen LogP contribution in [0.25, 0.3) is 0 Å². The Morgan fingerprint density at radius 2 is 1.59 bits per heavy atom. The van der Waals surface area contributed by atoms with Crippen molar-refractivity contribution >= 4 is 17.4 Å². The molecule has 4 rings (SSSR count). The van der Waals surface area contributed by atoms with E-state index in [9.17, 15) is 4.79 Å². The van der Waals surface area contributed by atoms with Gasteiger partial charge in [-0.25, -0.2) is 0 Å². The van der Waals surface area contributed by atoms with Crippen molar-refractivity contribution < 1.29 is 4.79 Å². The SMILES string of the molecule is CC(=O)c1cccc(NC(=NCC2CCCCC2)NC2CCC(CC3CCC(N)CC3)CC2)c1. The van der Waals surface area contributed by atoms with Gasteiger partial charge in [0.25, 0.3) is 0 Å². The molecule has 188 valence electrons. The van der Waals surface area contributed by atoms with E-state index in [1.165, 1.54) is 89.9 Å². The largest absolute Gasteiger partial charge is 0.353 e. The maximum Gasteiger partial charge on any atom is 0.196 e. The van der Waals surface area contributed by atoms with Crippen molar-refractivity contribution in [2.75, 3.05) is 11.9 Å². The molecule has 0 saturated heterocycles. The fourth-order valence-electron chi connectivity index (χ4n) is 6.30.